The fraction of sp³-hybridized carbons (Fsp3) is 0.318. The predicted octanol–water partition coefficient (Wildman–Crippen LogP) is 4.45. The first kappa shape index (κ1) is 21.6. The summed E-state index contributed by atoms with van der Waals surface area (Å²) in [5, 5.41) is 3.57. The fourth-order valence-electron chi connectivity index (χ4n) is 3.07. The van der Waals surface area contributed by atoms with Crippen molar-refractivity contribution in [1.29, 1.82) is 0 Å². The van der Waals surface area contributed by atoms with Gasteiger partial charge < -0.3 is 19.2 Å². The number of nitrogens with zero attached hydrogens (tertiary/aromatic N) is 1. The number of furan rings is 1. The molecule has 30 heavy (non-hydrogen) atoms. The summed E-state index contributed by atoms with van der Waals surface area (Å²) in [7, 11) is 1.55. The smallest absolute Gasteiger partial charge is 0.308 e. The van der Waals surface area contributed by atoms with Gasteiger partial charge in [0.2, 0.25) is 0 Å². The summed E-state index contributed by atoms with van der Waals surface area (Å²) in [4.78, 5) is 30.2. The number of thiazole rings is 1. The molecule has 1 atom stereocenters. The van der Waals surface area contributed by atoms with Crippen molar-refractivity contribution in [3.8, 4) is 16.5 Å². The third kappa shape index (κ3) is 4.88. The fourth-order valence-corrected chi connectivity index (χ4v) is 4.00. The predicted molar refractivity (Wildman–Crippen MR) is 114 cm³/mol. The van der Waals surface area contributed by atoms with Gasteiger partial charge in [-0.1, -0.05) is 18.2 Å². The van der Waals surface area contributed by atoms with Crippen LogP contribution in [0.15, 0.2) is 40.8 Å². The summed E-state index contributed by atoms with van der Waals surface area (Å²) in [5.74, 6) is 1.25. The van der Waals surface area contributed by atoms with Crippen LogP contribution in [0.25, 0.3) is 10.8 Å². The van der Waals surface area contributed by atoms with Crippen LogP contribution in [-0.2, 0) is 9.53 Å². The van der Waals surface area contributed by atoms with Crippen LogP contribution in [0.4, 0.5) is 0 Å². The van der Waals surface area contributed by atoms with Crippen LogP contribution in [0.3, 0.4) is 0 Å². The maximum atomic E-state index is 13.1. The Hall–Kier alpha value is -3.13. The quantitative estimate of drug-likeness (QED) is 0.533. The van der Waals surface area contributed by atoms with Crippen molar-refractivity contribution in [1.82, 2.24) is 10.3 Å². The van der Waals surface area contributed by atoms with E-state index in [1.807, 2.05) is 37.3 Å². The van der Waals surface area contributed by atoms with Crippen molar-refractivity contribution in [2.45, 2.75) is 33.2 Å². The van der Waals surface area contributed by atoms with Gasteiger partial charge in [0.05, 0.1) is 31.9 Å². The van der Waals surface area contributed by atoms with Crippen molar-refractivity contribution in [3.63, 3.8) is 0 Å². The van der Waals surface area contributed by atoms with E-state index in [-0.39, 0.29) is 18.9 Å². The zero-order valence-corrected chi connectivity index (χ0v) is 18.2. The summed E-state index contributed by atoms with van der Waals surface area (Å²) in [6, 6.07) is 10.3. The summed E-state index contributed by atoms with van der Waals surface area (Å²) in [6.07, 6.45) is -0.0119. The van der Waals surface area contributed by atoms with Crippen molar-refractivity contribution >= 4 is 23.2 Å². The minimum atomic E-state index is -0.608. The lowest BCUT2D eigenvalue weighted by Crippen LogP contribution is -2.31. The van der Waals surface area contributed by atoms with E-state index in [9.17, 15) is 9.59 Å². The highest BCUT2D eigenvalue weighted by atomic mass is 32.1. The second-order valence-corrected chi connectivity index (χ2v) is 7.62. The Bertz CT molecular complexity index is 1040. The highest BCUT2D eigenvalue weighted by molar-refractivity contribution is 7.17. The number of carbonyl (C=O) groups is 2. The van der Waals surface area contributed by atoms with Crippen LogP contribution in [-0.4, -0.2) is 30.6 Å². The van der Waals surface area contributed by atoms with Gasteiger partial charge in [0.1, 0.15) is 16.4 Å². The number of benzene rings is 1. The number of hydrogen-bond acceptors (Lipinski definition) is 7. The van der Waals surface area contributed by atoms with E-state index in [0.717, 1.165) is 5.76 Å². The largest absolute Gasteiger partial charge is 0.496 e. The Morgan fingerprint density at radius 1 is 1.20 bits per heavy atom. The molecule has 8 heteroatoms. The van der Waals surface area contributed by atoms with Gasteiger partial charge >= 0.3 is 5.97 Å². The minimum Gasteiger partial charge on any atom is -0.496 e. The molecule has 1 N–H and O–H groups in total. The van der Waals surface area contributed by atoms with E-state index in [4.69, 9.17) is 13.9 Å². The normalized spacial score (nSPS) is 11.7. The average molecular weight is 429 g/mol. The molecule has 0 saturated carbocycles. The van der Waals surface area contributed by atoms with E-state index in [2.05, 4.69) is 10.3 Å². The number of rotatable bonds is 8. The standard InChI is InChI=1S/C22H24N2O5S/c1-5-28-19(25)12-16(15-8-6-7-9-17(15)27-4)24-21(26)20-14(3)23-22(30-20)18-11-10-13(2)29-18/h6-11,16H,5,12H2,1-4H3,(H,24,26)/t16-/m0/s1. The molecule has 2 aromatic heterocycles. The van der Waals surface area contributed by atoms with Gasteiger partial charge in [-0.2, -0.15) is 0 Å². The second-order valence-electron chi connectivity index (χ2n) is 6.62. The van der Waals surface area contributed by atoms with E-state index >= 15 is 0 Å². The van der Waals surface area contributed by atoms with Crippen molar-refractivity contribution in [2.75, 3.05) is 13.7 Å². The maximum absolute atomic E-state index is 13.1. The Morgan fingerprint density at radius 3 is 2.63 bits per heavy atom. The van der Waals surface area contributed by atoms with Crippen LogP contribution in [0.2, 0.25) is 0 Å². The zero-order valence-electron chi connectivity index (χ0n) is 17.4. The molecule has 7 nitrogen and oxygen atoms in total. The molecular formula is C22H24N2O5S. The first-order valence-corrected chi connectivity index (χ1v) is 10.4. The van der Waals surface area contributed by atoms with Gasteiger partial charge in [-0.25, -0.2) is 4.98 Å². The third-order valence-corrected chi connectivity index (χ3v) is 5.62. The molecule has 0 aliphatic heterocycles. The lowest BCUT2D eigenvalue weighted by Gasteiger charge is -2.20. The molecule has 3 aromatic rings. The molecule has 3 rings (SSSR count). The molecule has 0 fully saturated rings. The molecule has 0 spiro atoms. The molecule has 0 radical (unpaired) electrons. The number of ether oxygens (including phenoxy) is 2. The number of methoxy groups -OCH3 is 1. The number of amides is 1. The van der Waals surface area contributed by atoms with Crippen LogP contribution in [0, 0.1) is 13.8 Å². The first-order chi connectivity index (χ1) is 14.4. The summed E-state index contributed by atoms with van der Waals surface area (Å²) in [6.45, 7) is 5.64. The average Bonchev–Trinajstić information content (AvgIpc) is 3.33. The Kier molecular flexibility index (Phi) is 6.89. The van der Waals surface area contributed by atoms with Crippen LogP contribution in [0.5, 0.6) is 5.75 Å². The van der Waals surface area contributed by atoms with Crippen LogP contribution < -0.4 is 10.1 Å². The van der Waals surface area contributed by atoms with Crippen molar-refractivity contribution < 1.29 is 23.5 Å². The number of para-hydroxylation sites is 1. The molecule has 0 aliphatic carbocycles. The molecule has 0 saturated heterocycles. The van der Waals surface area contributed by atoms with Crippen LogP contribution in [0.1, 0.15) is 46.1 Å². The van der Waals surface area contributed by atoms with Gasteiger partial charge in [-0.05, 0) is 39.0 Å². The van der Waals surface area contributed by atoms with E-state index in [0.29, 0.717) is 32.7 Å². The van der Waals surface area contributed by atoms with Crippen molar-refractivity contribution in [2.24, 2.45) is 0 Å². The van der Waals surface area contributed by atoms with E-state index in [1.165, 1.54) is 11.3 Å². The number of aryl methyl sites for hydroxylation is 2. The summed E-state index contributed by atoms with van der Waals surface area (Å²) >= 11 is 1.25. The molecule has 158 valence electrons. The molecule has 1 aromatic carbocycles. The Balaban J connectivity index is 1.87. The molecule has 2 heterocycles. The topological polar surface area (TPSA) is 90.7 Å². The SMILES string of the molecule is CCOC(=O)C[C@H](NC(=O)c1sc(-c2ccc(C)o2)nc1C)c1ccccc1OC. The van der Waals surface area contributed by atoms with Crippen LogP contribution >= 0.6 is 11.3 Å². The third-order valence-electron chi connectivity index (χ3n) is 4.45. The summed E-state index contributed by atoms with van der Waals surface area (Å²) < 4.78 is 16.1. The monoisotopic (exact) mass is 428 g/mol. The maximum Gasteiger partial charge on any atom is 0.308 e. The lowest BCUT2D eigenvalue weighted by molar-refractivity contribution is -0.143. The molecular weight excluding hydrogens is 404 g/mol. The highest BCUT2D eigenvalue weighted by Gasteiger charge is 2.25. The highest BCUT2D eigenvalue weighted by Crippen LogP contribution is 2.31. The van der Waals surface area contributed by atoms with Gasteiger partial charge in [0, 0.05) is 5.56 Å². The Morgan fingerprint density at radius 2 is 1.97 bits per heavy atom. The first-order valence-electron chi connectivity index (χ1n) is 9.56. The second kappa shape index (κ2) is 9.58. The number of esters is 1. The molecule has 0 unspecified atom stereocenters. The molecule has 1 amide bonds. The molecule has 0 bridgehead atoms. The summed E-state index contributed by atoms with van der Waals surface area (Å²) in [5.41, 5.74) is 1.29. The van der Waals surface area contributed by atoms with Crippen molar-refractivity contribution in [3.05, 3.63) is 58.3 Å². The Labute approximate surface area is 179 Å². The molecule has 0 aliphatic rings. The number of carbonyl (C=O) groups excluding carboxylic acids is 2. The number of hydrogen-bond donors (Lipinski definition) is 1. The van der Waals surface area contributed by atoms with E-state index in [1.54, 1.807) is 27.0 Å². The lowest BCUT2D eigenvalue weighted by atomic mass is 10.0. The van der Waals surface area contributed by atoms with Gasteiger partial charge in [-0.3, -0.25) is 9.59 Å². The van der Waals surface area contributed by atoms with Gasteiger partial charge in [0.25, 0.3) is 5.91 Å². The van der Waals surface area contributed by atoms with Gasteiger partial charge in [0.15, 0.2) is 10.8 Å². The van der Waals surface area contributed by atoms with Gasteiger partial charge in [-0.15, -0.1) is 11.3 Å². The number of nitrogens with one attached hydrogen (secondary N) is 1. The zero-order chi connectivity index (χ0) is 21.7. The van der Waals surface area contributed by atoms with E-state index < -0.39 is 12.0 Å². The number of aromatic nitrogens is 1. The minimum absolute atomic E-state index is 0.0119.